The van der Waals surface area contributed by atoms with Crippen molar-refractivity contribution >= 4 is 29.1 Å². The van der Waals surface area contributed by atoms with Gasteiger partial charge in [0.15, 0.2) is 0 Å². The van der Waals surface area contributed by atoms with Crippen LogP contribution in [0, 0.1) is 12.8 Å². The number of aryl methyl sites for hydroxylation is 1. The lowest BCUT2D eigenvalue weighted by atomic mass is 10.0. The van der Waals surface area contributed by atoms with Gasteiger partial charge in [0.25, 0.3) is 5.91 Å². The summed E-state index contributed by atoms with van der Waals surface area (Å²) >= 11 is 0. The van der Waals surface area contributed by atoms with Crippen LogP contribution in [0.15, 0.2) is 48.5 Å². The lowest BCUT2D eigenvalue weighted by Crippen LogP contribution is -2.49. The number of carbonyl (C=O) groups excluding carboxylic acids is 3. The minimum Gasteiger partial charge on any atom is -0.378 e. The molecule has 0 aromatic heterocycles. The zero-order chi connectivity index (χ0) is 25.4. The topological polar surface area (TPSA) is 91.0 Å². The van der Waals surface area contributed by atoms with Crippen molar-refractivity contribution in [3.63, 3.8) is 0 Å². The molecule has 0 spiro atoms. The third-order valence-electron chi connectivity index (χ3n) is 5.98. The highest BCUT2D eigenvalue weighted by atomic mass is 16.5. The summed E-state index contributed by atoms with van der Waals surface area (Å²) in [5, 5.41) is 5.72. The molecule has 1 heterocycles. The summed E-state index contributed by atoms with van der Waals surface area (Å²) in [6.07, 6.45) is 0.478. The Morgan fingerprint density at radius 3 is 2.31 bits per heavy atom. The fourth-order valence-corrected chi connectivity index (χ4v) is 4.09. The Balaban J connectivity index is 1.58. The summed E-state index contributed by atoms with van der Waals surface area (Å²) in [5.74, 6) is -0.694. The van der Waals surface area contributed by atoms with Gasteiger partial charge in [-0.3, -0.25) is 14.4 Å². The zero-order valence-corrected chi connectivity index (χ0v) is 21.0. The zero-order valence-electron chi connectivity index (χ0n) is 21.0. The summed E-state index contributed by atoms with van der Waals surface area (Å²) in [6, 6.07) is 14.2. The third kappa shape index (κ3) is 7.55. The molecule has 3 rings (SSSR count). The average Bonchev–Trinajstić information content (AvgIpc) is 2.84. The summed E-state index contributed by atoms with van der Waals surface area (Å²) in [5.41, 5.74) is 3.13. The molecule has 188 valence electrons. The largest absolute Gasteiger partial charge is 0.378 e. The van der Waals surface area contributed by atoms with E-state index in [-0.39, 0.29) is 30.2 Å². The number of hydrogen-bond acceptors (Lipinski definition) is 5. The Morgan fingerprint density at radius 2 is 1.69 bits per heavy atom. The molecule has 1 fully saturated rings. The molecular formula is C27H36N4O4. The highest BCUT2D eigenvalue weighted by Crippen LogP contribution is 2.19. The van der Waals surface area contributed by atoms with Gasteiger partial charge in [-0.1, -0.05) is 32.0 Å². The molecule has 0 bridgehead atoms. The fraction of sp³-hybridized carbons (Fsp3) is 0.444. The first-order chi connectivity index (χ1) is 16.7. The van der Waals surface area contributed by atoms with E-state index in [9.17, 15) is 14.4 Å². The second-order valence-electron chi connectivity index (χ2n) is 9.36. The summed E-state index contributed by atoms with van der Waals surface area (Å²) in [7, 11) is 1.58. The number of rotatable bonds is 9. The molecule has 35 heavy (non-hydrogen) atoms. The van der Waals surface area contributed by atoms with Crippen molar-refractivity contribution in [2.24, 2.45) is 5.92 Å². The van der Waals surface area contributed by atoms with Crippen molar-refractivity contribution in [1.29, 1.82) is 0 Å². The van der Waals surface area contributed by atoms with Crippen LogP contribution in [-0.2, 0) is 14.3 Å². The second kappa shape index (κ2) is 12.4. The van der Waals surface area contributed by atoms with Crippen molar-refractivity contribution in [3.05, 3.63) is 59.7 Å². The number of anilines is 2. The number of benzene rings is 2. The second-order valence-corrected chi connectivity index (χ2v) is 9.36. The molecule has 1 atom stereocenters. The smallest absolute Gasteiger partial charge is 0.252 e. The molecule has 0 saturated carbocycles. The molecule has 0 aliphatic carbocycles. The van der Waals surface area contributed by atoms with Crippen LogP contribution in [0.2, 0.25) is 0 Å². The maximum atomic E-state index is 13.2. The molecule has 3 amide bonds. The molecule has 0 radical (unpaired) electrons. The van der Waals surface area contributed by atoms with Gasteiger partial charge in [0.05, 0.1) is 19.8 Å². The van der Waals surface area contributed by atoms with Crippen molar-refractivity contribution in [1.82, 2.24) is 10.2 Å². The molecule has 8 nitrogen and oxygen atoms in total. The lowest BCUT2D eigenvalue weighted by molar-refractivity contribution is -0.135. The first-order valence-electron chi connectivity index (χ1n) is 12.1. The summed E-state index contributed by atoms with van der Waals surface area (Å²) in [6.45, 7) is 8.84. The minimum atomic E-state index is -0.715. The van der Waals surface area contributed by atoms with E-state index in [1.807, 2.05) is 57.2 Å². The first kappa shape index (κ1) is 26.2. The quantitative estimate of drug-likeness (QED) is 0.576. The van der Waals surface area contributed by atoms with Crippen LogP contribution < -0.4 is 15.5 Å². The Labute approximate surface area is 207 Å². The number of nitrogens with one attached hydrogen (secondary N) is 2. The number of ether oxygens (including phenoxy) is 1. The van der Waals surface area contributed by atoms with E-state index in [1.165, 1.54) is 4.90 Å². The predicted octanol–water partition coefficient (Wildman–Crippen LogP) is 3.07. The van der Waals surface area contributed by atoms with Crippen LogP contribution in [0.5, 0.6) is 0 Å². The van der Waals surface area contributed by atoms with E-state index >= 15 is 0 Å². The van der Waals surface area contributed by atoms with Gasteiger partial charge in [0, 0.05) is 37.1 Å². The van der Waals surface area contributed by atoms with Gasteiger partial charge in [-0.05, 0) is 55.2 Å². The Hall–Kier alpha value is -3.39. The van der Waals surface area contributed by atoms with E-state index in [0.29, 0.717) is 30.9 Å². The van der Waals surface area contributed by atoms with Gasteiger partial charge < -0.3 is 25.2 Å². The standard InChI is InChI=1S/C27H36N4O4/c1-19(2)17-24(29-26(33)23-8-6-5-7-20(23)3)27(34)30(4)18-25(32)28-21-9-11-22(12-10-21)31-13-15-35-16-14-31/h5-12,19,24H,13-18H2,1-4H3,(H,28,32)(H,29,33). The average molecular weight is 481 g/mol. The van der Waals surface area contributed by atoms with Gasteiger partial charge in [0.1, 0.15) is 6.04 Å². The first-order valence-corrected chi connectivity index (χ1v) is 12.1. The maximum Gasteiger partial charge on any atom is 0.252 e. The number of hydrogen-bond donors (Lipinski definition) is 2. The predicted molar refractivity (Wildman–Crippen MR) is 138 cm³/mol. The normalized spacial score (nSPS) is 14.4. The Kier molecular flexibility index (Phi) is 9.25. The number of amides is 3. The molecule has 1 saturated heterocycles. The van der Waals surface area contributed by atoms with Crippen LogP contribution in [0.1, 0.15) is 36.2 Å². The highest BCUT2D eigenvalue weighted by Gasteiger charge is 2.27. The van der Waals surface area contributed by atoms with Crippen molar-refractivity contribution < 1.29 is 19.1 Å². The SMILES string of the molecule is Cc1ccccc1C(=O)NC(CC(C)C)C(=O)N(C)CC(=O)Nc1ccc(N2CCOCC2)cc1. The molecule has 1 unspecified atom stereocenters. The fourth-order valence-electron chi connectivity index (χ4n) is 4.09. The van der Waals surface area contributed by atoms with Crippen LogP contribution in [0.4, 0.5) is 11.4 Å². The van der Waals surface area contributed by atoms with Crippen LogP contribution >= 0.6 is 0 Å². The van der Waals surface area contributed by atoms with E-state index in [4.69, 9.17) is 4.74 Å². The summed E-state index contributed by atoms with van der Waals surface area (Å²) < 4.78 is 5.39. The van der Waals surface area contributed by atoms with Crippen molar-refractivity contribution in [2.75, 3.05) is 50.1 Å². The number of carbonyl (C=O) groups is 3. The van der Waals surface area contributed by atoms with Crippen LogP contribution in [0.25, 0.3) is 0 Å². The molecule has 2 aromatic carbocycles. The van der Waals surface area contributed by atoms with Gasteiger partial charge in [-0.2, -0.15) is 0 Å². The lowest BCUT2D eigenvalue weighted by Gasteiger charge is -2.29. The van der Waals surface area contributed by atoms with E-state index in [1.54, 1.807) is 19.2 Å². The monoisotopic (exact) mass is 480 g/mol. The number of likely N-dealkylation sites (N-methyl/N-ethyl adjacent to an activating group) is 1. The van der Waals surface area contributed by atoms with E-state index < -0.39 is 6.04 Å². The summed E-state index contributed by atoms with van der Waals surface area (Å²) in [4.78, 5) is 42.2. The van der Waals surface area contributed by atoms with Gasteiger partial charge in [-0.15, -0.1) is 0 Å². The molecule has 2 N–H and O–H groups in total. The van der Waals surface area contributed by atoms with E-state index in [2.05, 4.69) is 15.5 Å². The minimum absolute atomic E-state index is 0.112. The molecule has 8 heteroatoms. The van der Waals surface area contributed by atoms with Gasteiger partial charge >= 0.3 is 0 Å². The Morgan fingerprint density at radius 1 is 1.03 bits per heavy atom. The third-order valence-corrected chi connectivity index (χ3v) is 5.98. The molecule has 2 aromatic rings. The van der Waals surface area contributed by atoms with Crippen LogP contribution in [0.3, 0.4) is 0 Å². The molecular weight excluding hydrogens is 444 g/mol. The van der Waals surface area contributed by atoms with Crippen molar-refractivity contribution in [3.8, 4) is 0 Å². The highest BCUT2D eigenvalue weighted by molar-refractivity contribution is 5.99. The maximum absolute atomic E-state index is 13.2. The molecule has 1 aliphatic heterocycles. The number of nitrogens with zero attached hydrogens (tertiary/aromatic N) is 2. The number of morpholine rings is 1. The Bertz CT molecular complexity index is 1020. The van der Waals surface area contributed by atoms with E-state index in [0.717, 1.165) is 24.3 Å². The molecule has 1 aliphatic rings. The van der Waals surface area contributed by atoms with Gasteiger partial charge in [0.2, 0.25) is 11.8 Å². The van der Waals surface area contributed by atoms with Crippen LogP contribution in [-0.4, -0.2) is 68.6 Å². The van der Waals surface area contributed by atoms with Gasteiger partial charge in [-0.25, -0.2) is 0 Å². The van der Waals surface area contributed by atoms with Crippen molar-refractivity contribution in [2.45, 2.75) is 33.2 Å².